The summed E-state index contributed by atoms with van der Waals surface area (Å²) >= 11 is 0. The molecule has 2 heterocycles. The smallest absolute Gasteiger partial charge is 0.0507 e. The van der Waals surface area contributed by atoms with Crippen molar-refractivity contribution >= 4 is 0 Å². The molecule has 1 saturated carbocycles. The van der Waals surface area contributed by atoms with Gasteiger partial charge in [-0.25, -0.2) is 0 Å². The first kappa shape index (κ1) is 14.7. The summed E-state index contributed by atoms with van der Waals surface area (Å²) in [6.45, 7) is 5.81. The van der Waals surface area contributed by atoms with Crippen LogP contribution >= 0.6 is 0 Å². The molecule has 2 saturated heterocycles. The van der Waals surface area contributed by atoms with Crippen molar-refractivity contribution in [3.05, 3.63) is 35.9 Å². The van der Waals surface area contributed by atoms with Crippen LogP contribution in [-0.2, 0) is 4.74 Å². The van der Waals surface area contributed by atoms with Crippen molar-refractivity contribution in [3.8, 4) is 0 Å². The summed E-state index contributed by atoms with van der Waals surface area (Å²) in [6, 6.07) is 11.3. The molecule has 2 heteroatoms. The molecule has 2 nitrogen and oxygen atoms in total. The molecule has 120 valence electrons. The third-order valence-electron chi connectivity index (χ3n) is 6.31. The summed E-state index contributed by atoms with van der Waals surface area (Å²) in [5.41, 5.74) is 2.13. The Morgan fingerprint density at radius 3 is 2.64 bits per heavy atom. The second-order valence-corrected chi connectivity index (χ2v) is 7.81. The van der Waals surface area contributed by atoms with Gasteiger partial charge >= 0.3 is 0 Å². The maximum Gasteiger partial charge on any atom is 0.0507 e. The molecule has 3 fully saturated rings. The maximum absolute atomic E-state index is 5.59. The van der Waals surface area contributed by atoms with Gasteiger partial charge in [0.15, 0.2) is 0 Å². The van der Waals surface area contributed by atoms with Crippen LogP contribution in [0.15, 0.2) is 30.3 Å². The van der Waals surface area contributed by atoms with Gasteiger partial charge in [-0.2, -0.15) is 0 Å². The molecule has 1 aliphatic carbocycles. The summed E-state index contributed by atoms with van der Waals surface area (Å²) in [5, 5.41) is 0. The second kappa shape index (κ2) is 6.33. The Labute approximate surface area is 134 Å². The topological polar surface area (TPSA) is 12.5 Å². The van der Waals surface area contributed by atoms with Crippen LogP contribution in [0.4, 0.5) is 0 Å². The van der Waals surface area contributed by atoms with Gasteiger partial charge in [0.25, 0.3) is 0 Å². The Kier molecular flexibility index (Phi) is 4.23. The van der Waals surface area contributed by atoms with Gasteiger partial charge in [0.05, 0.1) is 6.61 Å². The van der Waals surface area contributed by atoms with E-state index in [2.05, 4.69) is 35.2 Å². The Balaban J connectivity index is 1.54. The highest BCUT2D eigenvalue weighted by Crippen LogP contribution is 2.52. The van der Waals surface area contributed by atoms with E-state index in [1.807, 2.05) is 0 Å². The Hall–Kier alpha value is -0.860. The van der Waals surface area contributed by atoms with Crippen molar-refractivity contribution < 1.29 is 4.74 Å². The van der Waals surface area contributed by atoms with Crippen LogP contribution in [0.1, 0.15) is 50.0 Å². The van der Waals surface area contributed by atoms with Crippen molar-refractivity contribution in [3.63, 3.8) is 0 Å². The van der Waals surface area contributed by atoms with Crippen molar-refractivity contribution in [1.29, 1.82) is 0 Å². The molecule has 0 amide bonds. The fourth-order valence-corrected chi connectivity index (χ4v) is 5.21. The lowest BCUT2D eigenvalue weighted by atomic mass is 9.66. The number of likely N-dealkylation sites (tertiary alicyclic amines) is 1. The molecule has 0 N–H and O–H groups in total. The lowest BCUT2D eigenvalue weighted by Gasteiger charge is -2.38. The van der Waals surface area contributed by atoms with E-state index in [1.165, 1.54) is 58.2 Å². The number of benzene rings is 1. The lowest BCUT2D eigenvalue weighted by Crippen LogP contribution is -2.33. The normalized spacial score (nSPS) is 31.8. The van der Waals surface area contributed by atoms with E-state index in [-0.39, 0.29) is 0 Å². The van der Waals surface area contributed by atoms with Gasteiger partial charge in [-0.15, -0.1) is 0 Å². The molecule has 1 spiro atoms. The zero-order valence-corrected chi connectivity index (χ0v) is 13.7. The van der Waals surface area contributed by atoms with E-state index < -0.39 is 0 Å². The van der Waals surface area contributed by atoms with Gasteiger partial charge in [-0.1, -0.05) is 49.6 Å². The van der Waals surface area contributed by atoms with Gasteiger partial charge in [0, 0.05) is 32.2 Å². The summed E-state index contributed by atoms with van der Waals surface area (Å²) in [4.78, 5) is 2.77. The van der Waals surface area contributed by atoms with Gasteiger partial charge in [-0.3, -0.25) is 0 Å². The van der Waals surface area contributed by atoms with Crippen LogP contribution in [0.5, 0.6) is 0 Å². The van der Waals surface area contributed by atoms with Crippen molar-refractivity contribution in [2.75, 3.05) is 32.8 Å². The molecule has 0 aromatic heterocycles. The molecule has 2 atom stereocenters. The minimum absolute atomic E-state index is 0.555. The first-order valence-corrected chi connectivity index (χ1v) is 9.21. The standard InChI is InChI=1S/C20H29NO/c1-3-7-18(8-4-1)19-14-21(13-17-9-12-22-15-17)16-20(19)10-5-2-6-11-20/h1,3-4,7-8,17,19H,2,5-6,9-16H2. The van der Waals surface area contributed by atoms with E-state index in [9.17, 15) is 0 Å². The Morgan fingerprint density at radius 1 is 1.09 bits per heavy atom. The third-order valence-corrected chi connectivity index (χ3v) is 6.31. The predicted octanol–water partition coefficient (Wildman–Crippen LogP) is 4.07. The molecular formula is C20H29NO. The minimum atomic E-state index is 0.555. The second-order valence-electron chi connectivity index (χ2n) is 7.81. The van der Waals surface area contributed by atoms with Crippen LogP contribution in [0, 0.1) is 11.3 Å². The number of nitrogens with zero attached hydrogens (tertiary/aromatic N) is 1. The van der Waals surface area contributed by atoms with Crippen LogP contribution in [0.3, 0.4) is 0 Å². The van der Waals surface area contributed by atoms with Crippen molar-refractivity contribution in [1.82, 2.24) is 4.90 Å². The first-order valence-electron chi connectivity index (χ1n) is 9.21. The fraction of sp³-hybridized carbons (Fsp3) is 0.700. The van der Waals surface area contributed by atoms with Crippen LogP contribution < -0.4 is 0 Å². The number of hydrogen-bond acceptors (Lipinski definition) is 2. The summed E-state index contributed by atoms with van der Waals surface area (Å²) in [7, 11) is 0. The monoisotopic (exact) mass is 299 g/mol. The van der Waals surface area contributed by atoms with E-state index in [0.29, 0.717) is 5.41 Å². The van der Waals surface area contributed by atoms with Crippen LogP contribution in [0.2, 0.25) is 0 Å². The zero-order valence-electron chi connectivity index (χ0n) is 13.7. The quantitative estimate of drug-likeness (QED) is 0.834. The molecule has 4 rings (SSSR count). The van der Waals surface area contributed by atoms with Gasteiger partial charge in [0.2, 0.25) is 0 Å². The van der Waals surface area contributed by atoms with Crippen LogP contribution in [0.25, 0.3) is 0 Å². The molecular weight excluding hydrogens is 270 g/mol. The maximum atomic E-state index is 5.59. The minimum Gasteiger partial charge on any atom is -0.381 e. The summed E-state index contributed by atoms with van der Waals surface area (Å²) in [5.74, 6) is 1.52. The highest BCUT2D eigenvalue weighted by atomic mass is 16.5. The molecule has 1 aromatic rings. The zero-order chi connectivity index (χ0) is 14.8. The summed E-state index contributed by atoms with van der Waals surface area (Å²) < 4.78 is 5.59. The van der Waals surface area contributed by atoms with Gasteiger partial charge in [0.1, 0.15) is 0 Å². The van der Waals surface area contributed by atoms with E-state index >= 15 is 0 Å². The molecule has 2 aliphatic heterocycles. The van der Waals surface area contributed by atoms with E-state index in [0.717, 1.165) is 25.0 Å². The molecule has 2 unspecified atom stereocenters. The highest BCUT2D eigenvalue weighted by Gasteiger charge is 2.47. The molecule has 0 radical (unpaired) electrons. The van der Waals surface area contributed by atoms with Crippen molar-refractivity contribution in [2.24, 2.45) is 11.3 Å². The van der Waals surface area contributed by atoms with Gasteiger partial charge < -0.3 is 9.64 Å². The average molecular weight is 299 g/mol. The number of ether oxygens (including phenoxy) is 1. The van der Waals surface area contributed by atoms with E-state index in [4.69, 9.17) is 4.74 Å². The van der Waals surface area contributed by atoms with Crippen LogP contribution in [-0.4, -0.2) is 37.7 Å². The predicted molar refractivity (Wildman–Crippen MR) is 90.1 cm³/mol. The highest BCUT2D eigenvalue weighted by molar-refractivity contribution is 5.25. The lowest BCUT2D eigenvalue weighted by molar-refractivity contribution is 0.152. The molecule has 22 heavy (non-hydrogen) atoms. The van der Waals surface area contributed by atoms with Gasteiger partial charge in [-0.05, 0) is 36.2 Å². The average Bonchev–Trinajstić information content (AvgIpc) is 3.18. The fourth-order valence-electron chi connectivity index (χ4n) is 5.21. The van der Waals surface area contributed by atoms with E-state index in [1.54, 1.807) is 5.56 Å². The SMILES string of the molecule is c1ccc(C2CN(CC3CCOC3)CC23CCCCC3)cc1. The molecule has 0 bridgehead atoms. The summed E-state index contributed by atoms with van der Waals surface area (Å²) in [6.07, 6.45) is 8.45. The Morgan fingerprint density at radius 2 is 1.91 bits per heavy atom. The largest absolute Gasteiger partial charge is 0.381 e. The third kappa shape index (κ3) is 2.83. The molecule has 3 aliphatic rings. The number of rotatable bonds is 3. The molecule has 1 aromatic carbocycles. The Bertz CT molecular complexity index is 474. The number of hydrogen-bond donors (Lipinski definition) is 0. The van der Waals surface area contributed by atoms with Crippen molar-refractivity contribution in [2.45, 2.75) is 44.4 Å². The first-order chi connectivity index (χ1) is 10.9.